The fraction of sp³-hybridized carbons (Fsp3) is 0.214. The first kappa shape index (κ1) is 14.6. The summed E-state index contributed by atoms with van der Waals surface area (Å²) in [6.07, 6.45) is 2.39. The number of benzene rings is 1. The SMILES string of the molecule is CCc1cnc(CNC(=O)c2cccc(/C(N)=N/O)c2)o1. The van der Waals surface area contributed by atoms with Crippen LogP contribution in [-0.4, -0.2) is 21.9 Å². The molecule has 1 amide bonds. The van der Waals surface area contributed by atoms with Crippen LogP contribution >= 0.6 is 0 Å². The van der Waals surface area contributed by atoms with Crippen molar-refractivity contribution in [3.8, 4) is 0 Å². The van der Waals surface area contributed by atoms with Gasteiger partial charge in [-0.25, -0.2) is 4.98 Å². The van der Waals surface area contributed by atoms with Gasteiger partial charge in [0.1, 0.15) is 5.76 Å². The van der Waals surface area contributed by atoms with E-state index >= 15 is 0 Å². The zero-order chi connectivity index (χ0) is 15.2. The number of carbonyl (C=O) groups is 1. The minimum Gasteiger partial charge on any atom is -0.444 e. The number of aromatic nitrogens is 1. The molecule has 0 bridgehead atoms. The van der Waals surface area contributed by atoms with Gasteiger partial charge in [0.15, 0.2) is 5.84 Å². The van der Waals surface area contributed by atoms with E-state index in [1.807, 2.05) is 6.92 Å². The number of oxime groups is 1. The molecule has 21 heavy (non-hydrogen) atoms. The molecule has 2 aromatic rings. The van der Waals surface area contributed by atoms with Gasteiger partial charge in [0.2, 0.25) is 5.89 Å². The second kappa shape index (κ2) is 6.56. The maximum absolute atomic E-state index is 12.0. The van der Waals surface area contributed by atoms with Crippen molar-refractivity contribution in [1.29, 1.82) is 0 Å². The highest BCUT2D eigenvalue weighted by atomic mass is 16.4. The van der Waals surface area contributed by atoms with Crippen LogP contribution in [0.3, 0.4) is 0 Å². The average Bonchev–Trinajstić information content (AvgIpc) is 3.00. The number of nitrogens with zero attached hydrogens (tertiary/aromatic N) is 2. The molecule has 4 N–H and O–H groups in total. The molecular formula is C14H16N4O3. The van der Waals surface area contributed by atoms with Crippen molar-refractivity contribution in [3.63, 3.8) is 0 Å². The number of carbonyl (C=O) groups excluding carboxylic acids is 1. The van der Waals surface area contributed by atoms with E-state index in [1.54, 1.807) is 24.4 Å². The Kier molecular flexibility index (Phi) is 4.55. The van der Waals surface area contributed by atoms with Crippen LogP contribution in [0.2, 0.25) is 0 Å². The molecule has 0 fully saturated rings. The highest BCUT2D eigenvalue weighted by Crippen LogP contribution is 2.07. The van der Waals surface area contributed by atoms with Crippen LogP contribution in [0.15, 0.2) is 40.0 Å². The maximum Gasteiger partial charge on any atom is 0.251 e. The van der Waals surface area contributed by atoms with E-state index in [2.05, 4.69) is 15.5 Å². The Morgan fingerprint density at radius 3 is 2.90 bits per heavy atom. The lowest BCUT2D eigenvalue weighted by atomic mass is 10.1. The van der Waals surface area contributed by atoms with Crippen molar-refractivity contribution in [2.45, 2.75) is 19.9 Å². The van der Waals surface area contributed by atoms with Gasteiger partial charge in [-0.15, -0.1) is 0 Å². The van der Waals surface area contributed by atoms with E-state index < -0.39 is 0 Å². The third kappa shape index (κ3) is 3.59. The molecule has 0 saturated heterocycles. The Bertz CT molecular complexity index is 664. The van der Waals surface area contributed by atoms with Crippen LogP contribution in [0.1, 0.15) is 34.5 Å². The monoisotopic (exact) mass is 288 g/mol. The molecule has 0 spiro atoms. The number of hydrogen-bond acceptors (Lipinski definition) is 5. The molecule has 1 heterocycles. The Labute approximate surface area is 121 Å². The van der Waals surface area contributed by atoms with E-state index in [1.165, 1.54) is 6.07 Å². The van der Waals surface area contributed by atoms with E-state index in [4.69, 9.17) is 15.4 Å². The number of amides is 1. The van der Waals surface area contributed by atoms with Crippen LogP contribution < -0.4 is 11.1 Å². The Hall–Kier alpha value is -2.83. The van der Waals surface area contributed by atoms with Gasteiger partial charge >= 0.3 is 0 Å². The third-order valence-electron chi connectivity index (χ3n) is 2.88. The molecule has 7 nitrogen and oxygen atoms in total. The van der Waals surface area contributed by atoms with Crippen molar-refractivity contribution in [2.75, 3.05) is 0 Å². The molecule has 0 saturated carbocycles. The molecule has 2 rings (SSSR count). The maximum atomic E-state index is 12.0. The van der Waals surface area contributed by atoms with Crippen molar-refractivity contribution >= 4 is 11.7 Å². The highest BCUT2D eigenvalue weighted by Gasteiger charge is 2.09. The zero-order valence-electron chi connectivity index (χ0n) is 11.5. The van der Waals surface area contributed by atoms with Gasteiger partial charge in [-0.1, -0.05) is 24.2 Å². The smallest absolute Gasteiger partial charge is 0.251 e. The molecule has 0 atom stereocenters. The first-order valence-corrected chi connectivity index (χ1v) is 6.43. The molecule has 110 valence electrons. The fourth-order valence-corrected chi connectivity index (χ4v) is 1.73. The molecular weight excluding hydrogens is 272 g/mol. The van der Waals surface area contributed by atoms with E-state index in [0.29, 0.717) is 17.0 Å². The molecule has 1 aromatic heterocycles. The summed E-state index contributed by atoms with van der Waals surface area (Å²) < 4.78 is 5.40. The Morgan fingerprint density at radius 2 is 2.24 bits per heavy atom. The summed E-state index contributed by atoms with van der Waals surface area (Å²) in [5.74, 6) is 0.879. The Morgan fingerprint density at radius 1 is 1.48 bits per heavy atom. The summed E-state index contributed by atoms with van der Waals surface area (Å²) in [6.45, 7) is 2.16. The largest absolute Gasteiger partial charge is 0.444 e. The van der Waals surface area contributed by atoms with Crippen molar-refractivity contribution in [1.82, 2.24) is 10.3 Å². The summed E-state index contributed by atoms with van der Waals surface area (Å²) in [5, 5.41) is 14.2. The summed E-state index contributed by atoms with van der Waals surface area (Å²) in [4.78, 5) is 16.1. The van der Waals surface area contributed by atoms with Crippen molar-refractivity contribution in [3.05, 3.63) is 53.2 Å². The van der Waals surface area contributed by atoms with Gasteiger partial charge in [-0.05, 0) is 12.1 Å². The van der Waals surface area contributed by atoms with Crippen LogP contribution in [0.4, 0.5) is 0 Å². The summed E-state index contributed by atoms with van der Waals surface area (Å²) in [5.41, 5.74) is 6.36. The van der Waals surface area contributed by atoms with Gasteiger partial charge in [-0.3, -0.25) is 4.79 Å². The quantitative estimate of drug-likeness (QED) is 0.332. The topological polar surface area (TPSA) is 114 Å². The molecule has 1 aromatic carbocycles. The van der Waals surface area contributed by atoms with Crippen LogP contribution in [0.25, 0.3) is 0 Å². The van der Waals surface area contributed by atoms with Gasteiger partial charge in [0.25, 0.3) is 5.91 Å². The van der Waals surface area contributed by atoms with E-state index in [9.17, 15) is 4.79 Å². The third-order valence-corrected chi connectivity index (χ3v) is 2.88. The number of rotatable bonds is 5. The molecule has 7 heteroatoms. The van der Waals surface area contributed by atoms with Crippen LogP contribution in [0, 0.1) is 0 Å². The number of aryl methyl sites for hydroxylation is 1. The summed E-state index contributed by atoms with van der Waals surface area (Å²) in [6, 6.07) is 6.48. The number of nitrogens with two attached hydrogens (primary N) is 1. The molecule has 0 aliphatic heterocycles. The summed E-state index contributed by atoms with van der Waals surface area (Å²) in [7, 11) is 0. The predicted octanol–water partition coefficient (Wildman–Crippen LogP) is 1.26. The molecule has 0 unspecified atom stereocenters. The van der Waals surface area contributed by atoms with E-state index in [-0.39, 0.29) is 18.3 Å². The molecule has 0 aliphatic rings. The second-order valence-corrected chi connectivity index (χ2v) is 4.32. The minimum absolute atomic E-state index is 0.0510. The number of amidine groups is 1. The standard InChI is InChI=1S/C14H16N4O3/c1-2-11-7-16-12(21-11)8-17-14(19)10-5-3-4-9(6-10)13(15)18-20/h3-7,20H,2,8H2,1H3,(H2,15,18)(H,17,19). The van der Waals surface area contributed by atoms with Crippen molar-refractivity contribution in [2.24, 2.45) is 10.9 Å². The predicted molar refractivity (Wildman–Crippen MR) is 76.0 cm³/mol. The Balaban J connectivity index is 2.03. The number of nitrogens with one attached hydrogen (secondary N) is 1. The lowest BCUT2D eigenvalue weighted by molar-refractivity contribution is 0.0947. The van der Waals surface area contributed by atoms with Gasteiger partial charge < -0.3 is 20.7 Å². The minimum atomic E-state index is -0.293. The number of oxazole rings is 1. The lowest BCUT2D eigenvalue weighted by Gasteiger charge is -2.05. The molecule has 0 radical (unpaired) electrons. The van der Waals surface area contributed by atoms with Crippen LogP contribution in [-0.2, 0) is 13.0 Å². The second-order valence-electron chi connectivity index (χ2n) is 4.32. The van der Waals surface area contributed by atoms with Crippen molar-refractivity contribution < 1.29 is 14.4 Å². The highest BCUT2D eigenvalue weighted by molar-refractivity contribution is 6.01. The van der Waals surface area contributed by atoms with Gasteiger partial charge in [0, 0.05) is 17.5 Å². The first-order valence-electron chi connectivity index (χ1n) is 6.43. The summed E-state index contributed by atoms with van der Waals surface area (Å²) >= 11 is 0. The first-order chi connectivity index (χ1) is 10.1. The average molecular weight is 288 g/mol. The van der Waals surface area contributed by atoms with Gasteiger partial charge in [0.05, 0.1) is 12.7 Å². The number of hydrogen-bond donors (Lipinski definition) is 3. The normalized spacial score (nSPS) is 11.4. The lowest BCUT2D eigenvalue weighted by Crippen LogP contribution is -2.23. The van der Waals surface area contributed by atoms with E-state index in [0.717, 1.165) is 12.2 Å². The zero-order valence-corrected chi connectivity index (χ0v) is 11.5. The van der Waals surface area contributed by atoms with Gasteiger partial charge in [-0.2, -0.15) is 0 Å². The van der Waals surface area contributed by atoms with Crippen LogP contribution in [0.5, 0.6) is 0 Å². The molecule has 0 aliphatic carbocycles. The fourth-order valence-electron chi connectivity index (χ4n) is 1.73.